The molecule has 0 aliphatic rings. The summed E-state index contributed by atoms with van der Waals surface area (Å²) in [4.78, 5) is 2.30. The van der Waals surface area contributed by atoms with E-state index < -0.39 is 9.84 Å². The van der Waals surface area contributed by atoms with Crippen molar-refractivity contribution < 1.29 is 8.42 Å². The highest BCUT2D eigenvalue weighted by Crippen LogP contribution is 2.17. The largest absolute Gasteiger partial charge is 0.374 e. The zero-order valence-electron chi connectivity index (χ0n) is 11.2. The normalized spacial score (nSPS) is 11.3. The third kappa shape index (κ3) is 3.84. The van der Waals surface area contributed by atoms with Crippen LogP contribution in [0.5, 0.6) is 0 Å². The van der Waals surface area contributed by atoms with E-state index in [1.165, 1.54) is 0 Å². The molecule has 0 aliphatic heterocycles. The van der Waals surface area contributed by atoms with Crippen LogP contribution in [0, 0.1) is 0 Å². The Morgan fingerprint density at radius 1 is 1.00 bits per heavy atom. The predicted octanol–water partition coefficient (Wildman–Crippen LogP) is 3.36. The second kappa shape index (κ2) is 6.41. The molecule has 0 N–H and O–H groups in total. The van der Waals surface area contributed by atoms with Crippen LogP contribution in [0.15, 0.2) is 64.0 Å². The molecule has 0 heterocycles. The first-order valence-electron chi connectivity index (χ1n) is 6.23. The van der Waals surface area contributed by atoms with Crippen LogP contribution >= 0.6 is 15.9 Å². The van der Waals surface area contributed by atoms with Crippen molar-refractivity contribution >= 4 is 31.5 Å². The SMILES string of the molecule is CN(CCS(=O)(=O)c1ccc(Br)cc1)c1ccccc1. The maximum atomic E-state index is 12.2. The molecule has 5 heteroatoms. The van der Waals surface area contributed by atoms with E-state index in [-0.39, 0.29) is 5.75 Å². The Balaban J connectivity index is 2.04. The number of benzene rings is 2. The molecule has 0 fully saturated rings. The van der Waals surface area contributed by atoms with Gasteiger partial charge in [0.05, 0.1) is 10.6 Å². The molecular formula is C15H16BrNO2S. The van der Waals surface area contributed by atoms with Gasteiger partial charge in [-0.25, -0.2) is 8.42 Å². The molecule has 0 atom stereocenters. The fraction of sp³-hybridized carbons (Fsp3) is 0.200. The first-order valence-corrected chi connectivity index (χ1v) is 8.68. The number of hydrogen-bond acceptors (Lipinski definition) is 3. The summed E-state index contributed by atoms with van der Waals surface area (Å²) in [5.41, 5.74) is 1.01. The molecule has 0 saturated heterocycles. The number of rotatable bonds is 5. The summed E-state index contributed by atoms with van der Waals surface area (Å²) in [6.45, 7) is 0.461. The number of nitrogens with zero attached hydrogens (tertiary/aromatic N) is 1. The van der Waals surface area contributed by atoms with Gasteiger partial charge in [-0.1, -0.05) is 34.1 Å². The minimum atomic E-state index is -3.24. The lowest BCUT2D eigenvalue weighted by atomic mass is 10.3. The van der Waals surface area contributed by atoms with Crippen LogP contribution in [0.3, 0.4) is 0 Å². The molecule has 0 unspecified atom stereocenters. The van der Waals surface area contributed by atoms with E-state index >= 15 is 0 Å². The highest BCUT2D eigenvalue weighted by atomic mass is 79.9. The molecular weight excluding hydrogens is 338 g/mol. The van der Waals surface area contributed by atoms with Gasteiger partial charge < -0.3 is 4.90 Å². The average Bonchev–Trinajstić information content (AvgIpc) is 2.46. The summed E-state index contributed by atoms with van der Waals surface area (Å²) >= 11 is 3.30. The van der Waals surface area contributed by atoms with Gasteiger partial charge in [0.15, 0.2) is 9.84 Å². The van der Waals surface area contributed by atoms with Crippen molar-refractivity contribution in [2.24, 2.45) is 0 Å². The standard InChI is InChI=1S/C15H16BrNO2S/c1-17(14-5-3-2-4-6-14)11-12-20(18,19)15-9-7-13(16)8-10-15/h2-10H,11-12H2,1H3. The van der Waals surface area contributed by atoms with Crippen LogP contribution < -0.4 is 4.90 Å². The minimum absolute atomic E-state index is 0.0972. The van der Waals surface area contributed by atoms with Crippen LogP contribution in [0.1, 0.15) is 0 Å². The van der Waals surface area contributed by atoms with Crippen molar-refractivity contribution in [3.05, 3.63) is 59.1 Å². The summed E-state index contributed by atoms with van der Waals surface area (Å²) < 4.78 is 25.3. The van der Waals surface area contributed by atoms with Gasteiger partial charge in [0.1, 0.15) is 0 Å². The number of anilines is 1. The Kier molecular flexibility index (Phi) is 4.83. The summed E-state index contributed by atoms with van der Waals surface area (Å²) in [5, 5.41) is 0. The molecule has 0 aromatic heterocycles. The molecule has 2 aromatic rings. The third-order valence-electron chi connectivity index (χ3n) is 3.07. The van der Waals surface area contributed by atoms with Gasteiger partial charge in [-0.2, -0.15) is 0 Å². The molecule has 0 radical (unpaired) electrons. The molecule has 106 valence electrons. The molecule has 0 saturated carbocycles. The lowest BCUT2D eigenvalue weighted by molar-refractivity contribution is 0.595. The zero-order valence-corrected chi connectivity index (χ0v) is 13.6. The van der Waals surface area contributed by atoms with E-state index in [1.807, 2.05) is 42.3 Å². The number of hydrogen-bond donors (Lipinski definition) is 0. The highest BCUT2D eigenvalue weighted by molar-refractivity contribution is 9.10. The lowest BCUT2D eigenvalue weighted by Gasteiger charge is -2.19. The van der Waals surface area contributed by atoms with Crippen LogP contribution in [-0.2, 0) is 9.84 Å². The number of para-hydroxylation sites is 1. The second-order valence-electron chi connectivity index (χ2n) is 4.53. The second-order valence-corrected chi connectivity index (χ2v) is 7.55. The van der Waals surface area contributed by atoms with Crippen molar-refractivity contribution in [3.8, 4) is 0 Å². The van der Waals surface area contributed by atoms with Gasteiger partial charge in [0.2, 0.25) is 0 Å². The van der Waals surface area contributed by atoms with E-state index in [0.29, 0.717) is 11.4 Å². The van der Waals surface area contributed by atoms with Gasteiger partial charge in [-0.05, 0) is 36.4 Å². The molecule has 0 bridgehead atoms. The molecule has 2 aromatic carbocycles. The summed E-state index contributed by atoms with van der Waals surface area (Å²) in [5.74, 6) is 0.0972. The van der Waals surface area contributed by atoms with E-state index in [2.05, 4.69) is 15.9 Å². The smallest absolute Gasteiger partial charge is 0.180 e. The fourth-order valence-electron chi connectivity index (χ4n) is 1.83. The maximum Gasteiger partial charge on any atom is 0.180 e. The molecule has 0 aliphatic carbocycles. The first kappa shape index (κ1) is 15.1. The molecule has 2 rings (SSSR count). The van der Waals surface area contributed by atoms with E-state index in [0.717, 1.165) is 10.2 Å². The average molecular weight is 354 g/mol. The predicted molar refractivity (Wildman–Crippen MR) is 85.9 cm³/mol. The van der Waals surface area contributed by atoms with Crippen LogP contribution in [0.2, 0.25) is 0 Å². The fourth-order valence-corrected chi connectivity index (χ4v) is 3.39. The third-order valence-corrected chi connectivity index (χ3v) is 5.30. The Labute approximate surface area is 128 Å². The maximum absolute atomic E-state index is 12.2. The van der Waals surface area contributed by atoms with Crippen molar-refractivity contribution in [2.45, 2.75) is 4.90 Å². The Morgan fingerprint density at radius 2 is 1.60 bits per heavy atom. The van der Waals surface area contributed by atoms with Gasteiger partial charge in [0, 0.05) is 23.8 Å². The Bertz CT molecular complexity index is 654. The van der Waals surface area contributed by atoms with E-state index in [4.69, 9.17) is 0 Å². The van der Waals surface area contributed by atoms with Crippen LogP contribution in [0.25, 0.3) is 0 Å². The van der Waals surface area contributed by atoms with Gasteiger partial charge in [0.25, 0.3) is 0 Å². The zero-order chi connectivity index (χ0) is 14.6. The summed E-state index contributed by atoms with van der Waals surface area (Å²) in [6, 6.07) is 16.5. The van der Waals surface area contributed by atoms with Crippen molar-refractivity contribution in [1.82, 2.24) is 0 Å². The minimum Gasteiger partial charge on any atom is -0.374 e. The topological polar surface area (TPSA) is 37.4 Å². The Morgan fingerprint density at radius 3 is 2.20 bits per heavy atom. The van der Waals surface area contributed by atoms with Gasteiger partial charge in [-0.15, -0.1) is 0 Å². The van der Waals surface area contributed by atoms with Crippen LogP contribution in [-0.4, -0.2) is 27.8 Å². The molecule has 3 nitrogen and oxygen atoms in total. The van der Waals surface area contributed by atoms with Crippen molar-refractivity contribution in [2.75, 3.05) is 24.2 Å². The van der Waals surface area contributed by atoms with Crippen LogP contribution in [0.4, 0.5) is 5.69 Å². The molecule has 0 amide bonds. The van der Waals surface area contributed by atoms with Crippen molar-refractivity contribution in [3.63, 3.8) is 0 Å². The number of sulfone groups is 1. The monoisotopic (exact) mass is 353 g/mol. The quantitative estimate of drug-likeness (QED) is 0.826. The lowest BCUT2D eigenvalue weighted by Crippen LogP contribution is -2.25. The highest BCUT2D eigenvalue weighted by Gasteiger charge is 2.15. The molecule has 0 spiro atoms. The van der Waals surface area contributed by atoms with E-state index in [9.17, 15) is 8.42 Å². The first-order chi connectivity index (χ1) is 9.49. The summed E-state index contributed by atoms with van der Waals surface area (Å²) in [6.07, 6.45) is 0. The van der Waals surface area contributed by atoms with Gasteiger partial charge in [-0.3, -0.25) is 0 Å². The molecule has 20 heavy (non-hydrogen) atoms. The summed E-state index contributed by atoms with van der Waals surface area (Å²) in [7, 11) is -1.35. The van der Waals surface area contributed by atoms with Crippen molar-refractivity contribution in [1.29, 1.82) is 0 Å². The number of halogens is 1. The Hall–Kier alpha value is -1.33. The van der Waals surface area contributed by atoms with Gasteiger partial charge >= 0.3 is 0 Å². The van der Waals surface area contributed by atoms with E-state index in [1.54, 1.807) is 24.3 Å².